The van der Waals surface area contributed by atoms with Crippen molar-refractivity contribution in [1.82, 2.24) is 14.5 Å². The predicted octanol–water partition coefficient (Wildman–Crippen LogP) is 1.71. The van der Waals surface area contributed by atoms with Crippen molar-refractivity contribution in [3.63, 3.8) is 0 Å². The lowest BCUT2D eigenvalue weighted by Crippen LogP contribution is -2.29. The highest BCUT2D eigenvalue weighted by atomic mass is 31.2. The molecule has 0 amide bonds. The van der Waals surface area contributed by atoms with Gasteiger partial charge in [0.1, 0.15) is 11.6 Å². The van der Waals surface area contributed by atoms with Crippen LogP contribution in [0.4, 0.5) is 10.1 Å². The van der Waals surface area contributed by atoms with Crippen molar-refractivity contribution in [3.05, 3.63) is 18.6 Å². The van der Waals surface area contributed by atoms with Crippen molar-refractivity contribution in [2.24, 2.45) is 0 Å². The van der Waals surface area contributed by atoms with Crippen LogP contribution in [0.5, 0.6) is 0 Å². The Bertz CT molecular complexity index is 759. The normalized spacial score (nSPS) is 28.5. The summed E-state index contributed by atoms with van der Waals surface area (Å²) < 4.78 is 21.8. The number of fused-ring (bicyclic) bond motifs is 1. The Morgan fingerprint density at radius 3 is 2.91 bits per heavy atom. The zero-order valence-corrected chi connectivity index (χ0v) is 14.2. The van der Waals surface area contributed by atoms with Crippen LogP contribution in [0.2, 0.25) is 0 Å². The average Bonchev–Trinajstić information content (AvgIpc) is 3.01. The highest BCUT2D eigenvalue weighted by molar-refractivity contribution is 7.72. The van der Waals surface area contributed by atoms with Gasteiger partial charge in [0.15, 0.2) is 18.0 Å². The van der Waals surface area contributed by atoms with Gasteiger partial charge in [0.2, 0.25) is 0 Å². The van der Waals surface area contributed by atoms with Crippen LogP contribution >= 0.6 is 6.89 Å². The van der Waals surface area contributed by atoms with Gasteiger partial charge in [0, 0.05) is 6.20 Å². The zero-order chi connectivity index (χ0) is 16.8. The molecule has 4 atom stereocenters. The first-order valence-corrected chi connectivity index (χ1v) is 10.6. The summed E-state index contributed by atoms with van der Waals surface area (Å²) in [5, 5.41) is 10.2. The molecule has 0 unspecified atom stereocenters. The Morgan fingerprint density at radius 1 is 1.48 bits per heavy atom. The number of nitrogen functional groups attached to an aromatic ring is 1. The first-order valence-electron chi connectivity index (χ1n) is 7.50. The van der Waals surface area contributed by atoms with Crippen LogP contribution < -0.4 is 5.73 Å². The minimum atomic E-state index is -1.54. The molecule has 6 nitrogen and oxygen atoms in total. The summed E-state index contributed by atoms with van der Waals surface area (Å²) in [5.41, 5.74) is 7.28. The Balaban J connectivity index is 1.85. The number of ether oxygens (including phenoxy) is 1. The van der Waals surface area contributed by atoms with Gasteiger partial charge in [0.25, 0.3) is 0 Å². The Hall–Kier alpha value is -1.43. The van der Waals surface area contributed by atoms with Crippen LogP contribution in [0.25, 0.3) is 11.2 Å². The van der Waals surface area contributed by atoms with Gasteiger partial charge in [-0.2, -0.15) is 0 Å². The minimum Gasteiger partial charge on any atom is -0.397 e. The predicted molar refractivity (Wildman–Crippen MR) is 92.1 cm³/mol. The van der Waals surface area contributed by atoms with Gasteiger partial charge in [-0.1, -0.05) is 0 Å². The fourth-order valence-corrected chi connectivity index (χ4v) is 3.74. The third-order valence-corrected chi connectivity index (χ3v) is 5.55. The molecule has 2 aromatic heterocycles. The van der Waals surface area contributed by atoms with E-state index < -0.39 is 31.5 Å². The quantitative estimate of drug-likeness (QED) is 0.828. The van der Waals surface area contributed by atoms with Gasteiger partial charge < -0.3 is 15.6 Å². The number of anilines is 1. The molecule has 1 fully saturated rings. The number of nitrogens with two attached hydrogens (primary N) is 1. The summed E-state index contributed by atoms with van der Waals surface area (Å²) in [4.78, 5) is 8.38. The molecule has 1 saturated heterocycles. The van der Waals surface area contributed by atoms with Crippen LogP contribution in [0, 0.1) is 0 Å². The Morgan fingerprint density at radius 2 is 2.22 bits per heavy atom. The molecule has 1 aliphatic rings. The molecule has 0 spiro atoms. The molecule has 8 heteroatoms. The number of aliphatic hydroxyl groups excluding tert-OH is 1. The maximum absolute atomic E-state index is 14.6. The van der Waals surface area contributed by atoms with E-state index in [1.807, 2.05) is 0 Å². The molecular formula is C15H22FN4O2P. The summed E-state index contributed by atoms with van der Waals surface area (Å²) in [6.45, 7) is 2.96. The topological polar surface area (TPSA) is 86.2 Å². The maximum atomic E-state index is 14.6. The van der Waals surface area contributed by atoms with E-state index in [0.29, 0.717) is 23.3 Å². The largest absolute Gasteiger partial charge is 0.397 e. The lowest BCUT2D eigenvalue weighted by molar-refractivity contribution is -0.0233. The molecule has 3 heterocycles. The maximum Gasteiger partial charge on any atom is 0.173 e. The molecule has 2 aromatic rings. The molecule has 126 valence electrons. The molecule has 1 aliphatic heterocycles. The number of nitrogens with zero attached hydrogens (tertiary/aromatic N) is 3. The van der Waals surface area contributed by atoms with Gasteiger partial charge in [-0.25, -0.2) is 14.4 Å². The van der Waals surface area contributed by atoms with Crippen molar-refractivity contribution < 1.29 is 14.2 Å². The van der Waals surface area contributed by atoms with Crippen molar-refractivity contribution in [2.45, 2.75) is 31.0 Å². The zero-order valence-electron chi connectivity index (χ0n) is 13.3. The Kier molecular flexibility index (Phi) is 4.21. The second-order valence-electron chi connectivity index (χ2n) is 6.67. The lowest BCUT2D eigenvalue weighted by Gasteiger charge is -2.18. The number of aliphatic hydroxyl groups is 1. The number of pyridine rings is 1. The number of rotatable bonds is 4. The van der Waals surface area contributed by atoms with Crippen LogP contribution in [0.15, 0.2) is 18.6 Å². The monoisotopic (exact) mass is 340 g/mol. The van der Waals surface area contributed by atoms with E-state index in [9.17, 15) is 9.50 Å². The molecule has 3 rings (SSSR count). The summed E-state index contributed by atoms with van der Waals surface area (Å²) >= 11 is 0. The SMILES string of the molecule is C=P(C)(C)CC[C@H]1O[C@@H](n2cnc3c(N)ccnc32)[C@H](F)[C@@H]1O. The Labute approximate surface area is 134 Å². The first kappa shape index (κ1) is 16.4. The highest BCUT2D eigenvalue weighted by Crippen LogP contribution is 2.40. The van der Waals surface area contributed by atoms with E-state index >= 15 is 0 Å². The number of hydrogen-bond acceptors (Lipinski definition) is 5. The molecule has 0 aromatic carbocycles. The number of alkyl halides is 1. The fraction of sp³-hybridized carbons (Fsp3) is 0.533. The van der Waals surface area contributed by atoms with Crippen LogP contribution in [0.1, 0.15) is 12.6 Å². The van der Waals surface area contributed by atoms with Gasteiger partial charge in [0.05, 0.1) is 18.1 Å². The van der Waals surface area contributed by atoms with E-state index in [4.69, 9.17) is 10.5 Å². The van der Waals surface area contributed by atoms with Crippen LogP contribution in [-0.4, -0.2) is 63.8 Å². The van der Waals surface area contributed by atoms with Crippen molar-refractivity contribution in [3.8, 4) is 0 Å². The van der Waals surface area contributed by atoms with Gasteiger partial charge in [-0.05, 0) is 32.0 Å². The average molecular weight is 340 g/mol. The van der Waals surface area contributed by atoms with Gasteiger partial charge in [-0.3, -0.25) is 4.57 Å². The molecule has 23 heavy (non-hydrogen) atoms. The smallest absolute Gasteiger partial charge is 0.173 e. The summed E-state index contributed by atoms with van der Waals surface area (Å²) in [7, 11) is 0. The highest BCUT2D eigenvalue weighted by Gasteiger charge is 2.45. The number of imidazole rings is 1. The van der Waals surface area contributed by atoms with Crippen LogP contribution in [0.3, 0.4) is 0 Å². The molecular weight excluding hydrogens is 318 g/mol. The molecule has 0 saturated carbocycles. The second-order valence-corrected chi connectivity index (χ2v) is 11.0. The summed E-state index contributed by atoms with van der Waals surface area (Å²) in [6.07, 6.45) is 4.37. The number of aromatic nitrogens is 3. The minimum absolute atomic E-state index is 0.454. The number of hydrogen-bond donors (Lipinski definition) is 2. The third kappa shape index (κ3) is 3.13. The van der Waals surface area contributed by atoms with Crippen molar-refractivity contribution in [2.75, 3.05) is 25.2 Å². The van der Waals surface area contributed by atoms with E-state index in [1.165, 1.54) is 10.9 Å². The lowest BCUT2D eigenvalue weighted by atomic mass is 10.1. The van der Waals surface area contributed by atoms with Crippen molar-refractivity contribution >= 4 is 30.0 Å². The second kappa shape index (κ2) is 5.89. The molecule has 0 aliphatic carbocycles. The van der Waals surface area contributed by atoms with E-state index in [2.05, 4.69) is 29.6 Å². The summed E-state index contributed by atoms with van der Waals surface area (Å²) in [6, 6.07) is 1.64. The van der Waals surface area contributed by atoms with E-state index in [1.54, 1.807) is 12.3 Å². The van der Waals surface area contributed by atoms with Gasteiger partial charge in [-0.15, -0.1) is 13.2 Å². The standard InChI is InChI=1S/C15H22FN4O2P/c1-23(2,3)7-5-10-13(21)11(16)15(22-10)20-8-19-12-9(17)4-6-18-14(12)20/h4,6,8,10-11,13,15,21H,1,5,7H2,2-3H3,(H2,17,18)/t10-,11-,13-,15-/m1/s1. The molecule has 0 bridgehead atoms. The first-order chi connectivity index (χ1) is 10.8. The van der Waals surface area contributed by atoms with Crippen LogP contribution in [-0.2, 0) is 4.74 Å². The third-order valence-electron chi connectivity index (χ3n) is 4.08. The van der Waals surface area contributed by atoms with E-state index in [0.717, 1.165) is 6.16 Å². The molecule has 0 radical (unpaired) electrons. The molecule has 3 N–H and O–H groups in total. The fourth-order valence-electron chi connectivity index (χ4n) is 2.78. The van der Waals surface area contributed by atoms with Gasteiger partial charge >= 0.3 is 0 Å². The van der Waals surface area contributed by atoms with E-state index in [-0.39, 0.29) is 0 Å². The summed E-state index contributed by atoms with van der Waals surface area (Å²) in [5.74, 6) is 0. The number of halogens is 1. The van der Waals surface area contributed by atoms with Crippen molar-refractivity contribution in [1.29, 1.82) is 0 Å².